The van der Waals surface area contributed by atoms with Gasteiger partial charge in [0.25, 0.3) is 0 Å². The Balaban J connectivity index is 2.27. The number of thiophene rings is 1. The maximum atomic E-state index is 6.01. The normalized spacial score (nSPS) is 11.1. The fourth-order valence-electron chi connectivity index (χ4n) is 1.56. The molecule has 0 fully saturated rings. The van der Waals surface area contributed by atoms with Gasteiger partial charge in [0.2, 0.25) is 0 Å². The fourth-order valence-corrected chi connectivity index (χ4v) is 2.87. The highest BCUT2D eigenvalue weighted by atomic mass is 35.5. The van der Waals surface area contributed by atoms with Crippen molar-refractivity contribution in [3.05, 3.63) is 29.4 Å². The van der Waals surface area contributed by atoms with Crippen molar-refractivity contribution in [1.82, 2.24) is 20.2 Å². The third-order valence-corrected chi connectivity index (χ3v) is 3.93. The zero-order chi connectivity index (χ0) is 11.1. The highest BCUT2D eigenvalue weighted by Gasteiger charge is 2.11. The van der Waals surface area contributed by atoms with Crippen molar-refractivity contribution in [1.29, 1.82) is 0 Å². The van der Waals surface area contributed by atoms with Gasteiger partial charge in [-0.3, -0.25) is 5.10 Å². The average molecular weight is 251 g/mol. The summed E-state index contributed by atoms with van der Waals surface area (Å²) < 4.78 is 0.916. The van der Waals surface area contributed by atoms with E-state index in [9.17, 15) is 0 Å². The van der Waals surface area contributed by atoms with E-state index < -0.39 is 0 Å². The number of fused-ring (bicyclic) bond motifs is 1. The zero-order valence-corrected chi connectivity index (χ0v) is 9.93. The summed E-state index contributed by atoms with van der Waals surface area (Å²) >= 11 is 7.59. The summed E-state index contributed by atoms with van der Waals surface area (Å²) in [5.41, 5.74) is 3.00. The molecule has 0 spiro atoms. The Hall–Kier alpha value is -1.46. The largest absolute Gasteiger partial charge is 0.282 e. The van der Waals surface area contributed by atoms with E-state index >= 15 is 0 Å². The van der Waals surface area contributed by atoms with Gasteiger partial charge < -0.3 is 0 Å². The zero-order valence-electron chi connectivity index (χ0n) is 8.36. The maximum Gasteiger partial charge on any atom is 0.150 e. The second kappa shape index (κ2) is 3.54. The van der Waals surface area contributed by atoms with Crippen LogP contribution in [0.5, 0.6) is 0 Å². The first-order chi connectivity index (χ1) is 7.75. The van der Waals surface area contributed by atoms with E-state index in [0.29, 0.717) is 5.15 Å². The molecule has 0 bridgehead atoms. The molecule has 6 heteroatoms. The van der Waals surface area contributed by atoms with E-state index in [1.807, 2.05) is 13.0 Å². The molecule has 0 saturated heterocycles. The lowest BCUT2D eigenvalue weighted by atomic mass is 10.2. The van der Waals surface area contributed by atoms with Crippen molar-refractivity contribution < 1.29 is 0 Å². The highest BCUT2D eigenvalue weighted by Crippen LogP contribution is 2.35. The Morgan fingerprint density at radius 3 is 2.94 bits per heavy atom. The maximum absolute atomic E-state index is 6.01. The van der Waals surface area contributed by atoms with Gasteiger partial charge in [-0.15, -0.1) is 11.3 Å². The number of aryl methyl sites for hydroxylation is 1. The molecule has 3 aromatic heterocycles. The van der Waals surface area contributed by atoms with Crippen LogP contribution in [0, 0.1) is 6.92 Å². The van der Waals surface area contributed by atoms with Crippen molar-refractivity contribution in [2.24, 2.45) is 0 Å². The summed E-state index contributed by atoms with van der Waals surface area (Å²) in [4.78, 5) is 9.25. The number of hydrogen-bond acceptors (Lipinski definition) is 4. The molecule has 0 aliphatic rings. The Morgan fingerprint density at radius 1 is 1.38 bits per heavy atom. The first-order valence-electron chi connectivity index (χ1n) is 4.66. The molecule has 0 aromatic carbocycles. The van der Waals surface area contributed by atoms with Crippen LogP contribution in [0.4, 0.5) is 0 Å². The number of aromatic amines is 1. The number of nitrogens with one attached hydrogen (secondary N) is 1. The number of rotatable bonds is 1. The van der Waals surface area contributed by atoms with E-state index in [1.54, 1.807) is 17.5 Å². The molecule has 0 aliphatic carbocycles. The second-order valence-electron chi connectivity index (χ2n) is 3.40. The van der Waals surface area contributed by atoms with E-state index in [0.717, 1.165) is 26.4 Å². The van der Waals surface area contributed by atoms with E-state index in [1.165, 1.54) is 6.33 Å². The van der Waals surface area contributed by atoms with E-state index in [2.05, 4.69) is 20.2 Å². The van der Waals surface area contributed by atoms with Crippen LogP contribution in [0.15, 0.2) is 18.6 Å². The summed E-state index contributed by atoms with van der Waals surface area (Å²) in [6, 6.07) is 2.01. The summed E-state index contributed by atoms with van der Waals surface area (Å²) in [5, 5.41) is 7.42. The highest BCUT2D eigenvalue weighted by molar-refractivity contribution is 7.22. The SMILES string of the molecule is Cc1[nH]ncc1-c1cc2ncnc(Cl)c2s1. The molecule has 0 atom stereocenters. The van der Waals surface area contributed by atoms with Crippen LogP contribution < -0.4 is 0 Å². The lowest BCUT2D eigenvalue weighted by Gasteiger charge is -1.90. The molecule has 0 amide bonds. The molecule has 1 N–H and O–H groups in total. The van der Waals surface area contributed by atoms with Crippen LogP contribution in [-0.2, 0) is 0 Å². The van der Waals surface area contributed by atoms with Crippen molar-refractivity contribution >= 4 is 33.2 Å². The van der Waals surface area contributed by atoms with E-state index in [4.69, 9.17) is 11.6 Å². The van der Waals surface area contributed by atoms with Gasteiger partial charge in [0, 0.05) is 16.1 Å². The van der Waals surface area contributed by atoms with Crippen molar-refractivity contribution in [3.63, 3.8) is 0 Å². The quantitative estimate of drug-likeness (QED) is 0.676. The van der Waals surface area contributed by atoms with Crippen LogP contribution in [0.3, 0.4) is 0 Å². The first-order valence-corrected chi connectivity index (χ1v) is 5.85. The lowest BCUT2D eigenvalue weighted by Crippen LogP contribution is -1.76. The van der Waals surface area contributed by atoms with Crippen molar-refractivity contribution in [3.8, 4) is 10.4 Å². The molecule has 0 unspecified atom stereocenters. The molecule has 16 heavy (non-hydrogen) atoms. The fraction of sp³-hybridized carbons (Fsp3) is 0.100. The van der Waals surface area contributed by atoms with Gasteiger partial charge in [0.05, 0.1) is 16.4 Å². The van der Waals surface area contributed by atoms with Crippen LogP contribution in [0.2, 0.25) is 5.15 Å². The third-order valence-electron chi connectivity index (χ3n) is 2.36. The summed E-state index contributed by atoms with van der Waals surface area (Å²) in [7, 11) is 0. The van der Waals surface area contributed by atoms with Gasteiger partial charge in [-0.05, 0) is 13.0 Å². The molecule has 0 saturated carbocycles. The van der Waals surface area contributed by atoms with Crippen LogP contribution in [0.25, 0.3) is 20.7 Å². The van der Waals surface area contributed by atoms with Crippen molar-refractivity contribution in [2.75, 3.05) is 0 Å². The van der Waals surface area contributed by atoms with Gasteiger partial charge in [-0.1, -0.05) is 11.6 Å². The van der Waals surface area contributed by atoms with Crippen LogP contribution in [-0.4, -0.2) is 20.2 Å². The summed E-state index contributed by atoms with van der Waals surface area (Å²) in [6.45, 7) is 1.99. The smallest absolute Gasteiger partial charge is 0.150 e. The summed E-state index contributed by atoms with van der Waals surface area (Å²) in [5.74, 6) is 0. The van der Waals surface area contributed by atoms with Gasteiger partial charge in [0.15, 0.2) is 0 Å². The predicted octanol–water partition coefficient (Wildman–Crippen LogP) is 3.04. The van der Waals surface area contributed by atoms with Gasteiger partial charge in [0.1, 0.15) is 11.5 Å². The Bertz CT molecular complexity index is 658. The van der Waals surface area contributed by atoms with Gasteiger partial charge in [-0.2, -0.15) is 5.10 Å². The monoisotopic (exact) mass is 250 g/mol. The van der Waals surface area contributed by atoms with Crippen LogP contribution in [0.1, 0.15) is 5.69 Å². The number of aromatic nitrogens is 4. The Labute approximate surface area is 100 Å². The second-order valence-corrected chi connectivity index (χ2v) is 4.81. The molecule has 4 nitrogen and oxygen atoms in total. The molecule has 3 aromatic rings. The van der Waals surface area contributed by atoms with Crippen molar-refractivity contribution in [2.45, 2.75) is 6.92 Å². The number of halogens is 1. The molecule has 3 rings (SSSR count). The minimum absolute atomic E-state index is 0.502. The number of nitrogens with zero attached hydrogens (tertiary/aromatic N) is 3. The molecule has 3 heterocycles. The third kappa shape index (κ3) is 1.40. The number of H-pyrrole nitrogens is 1. The Kier molecular flexibility index (Phi) is 2.15. The first kappa shape index (κ1) is 9.74. The molecular formula is C10H7ClN4S. The van der Waals surface area contributed by atoms with Crippen LogP contribution >= 0.6 is 22.9 Å². The molecule has 0 aliphatic heterocycles. The molecular weight excluding hydrogens is 244 g/mol. The number of hydrogen-bond donors (Lipinski definition) is 1. The Morgan fingerprint density at radius 2 is 2.25 bits per heavy atom. The molecule has 0 radical (unpaired) electrons. The lowest BCUT2D eigenvalue weighted by molar-refractivity contribution is 1.05. The predicted molar refractivity (Wildman–Crippen MR) is 64.7 cm³/mol. The topological polar surface area (TPSA) is 54.5 Å². The minimum atomic E-state index is 0.502. The van der Waals surface area contributed by atoms with E-state index in [-0.39, 0.29) is 0 Å². The average Bonchev–Trinajstić information content (AvgIpc) is 2.84. The molecule has 80 valence electrons. The van der Waals surface area contributed by atoms with Gasteiger partial charge in [-0.25, -0.2) is 9.97 Å². The minimum Gasteiger partial charge on any atom is -0.282 e. The van der Waals surface area contributed by atoms with Gasteiger partial charge >= 0.3 is 0 Å². The standard InChI is InChI=1S/C10H7ClN4S/c1-5-6(3-14-15-5)8-2-7-9(16-8)10(11)13-4-12-7/h2-4H,1H3,(H,14,15). The summed E-state index contributed by atoms with van der Waals surface area (Å²) in [6.07, 6.45) is 3.28.